The highest BCUT2D eigenvalue weighted by atomic mass is 35.5. The second-order valence-electron chi connectivity index (χ2n) is 6.10. The van der Waals surface area contributed by atoms with Gasteiger partial charge in [0.2, 0.25) is 0 Å². The first kappa shape index (κ1) is 19.3. The fourth-order valence-electron chi connectivity index (χ4n) is 2.72. The molecule has 0 fully saturated rings. The number of benzene rings is 3. The van der Waals surface area contributed by atoms with Crippen molar-refractivity contribution in [3.63, 3.8) is 0 Å². The molecule has 3 rings (SSSR count). The molecule has 0 saturated heterocycles. The van der Waals surface area contributed by atoms with Crippen LogP contribution in [0.15, 0.2) is 78.9 Å². The molecule has 3 aromatic carbocycles. The minimum atomic E-state index is -0.724. The lowest BCUT2D eigenvalue weighted by Crippen LogP contribution is -2.39. The van der Waals surface area contributed by atoms with Crippen LogP contribution < -0.4 is 10.1 Å². The third kappa shape index (κ3) is 5.03. The van der Waals surface area contributed by atoms with Crippen molar-refractivity contribution in [1.82, 2.24) is 5.32 Å². The number of carbonyl (C=O) groups excluding carboxylic acids is 1. The smallest absolute Gasteiger partial charge is 0.261 e. The molecule has 3 nitrogen and oxygen atoms in total. The summed E-state index contributed by atoms with van der Waals surface area (Å²) in [5, 5.41) is 3.94. The van der Waals surface area contributed by atoms with E-state index in [1.54, 1.807) is 25.1 Å². The summed E-state index contributed by atoms with van der Waals surface area (Å²) < 4.78 is 5.73. The normalized spacial score (nSPS) is 11.9. The standard InChI is InChI=1S/C22H19Cl2NO2/c1-15(27-20-13-12-18(23)14-19(20)24)22(26)25-21(16-8-4-2-5-9-16)17-10-6-3-7-11-17/h2-15,21H,1H3,(H,25,26). The highest BCUT2D eigenvalue weighted by molar-refractivity contribution is 6.35. The molecule has 0 radical (unpaired) electrons. The SMILES string of the molecule is CC(Oc1ccc(Cl)cc1Cl)C(=O)NC(c1ccccc1)c1ccccc1. The predicted molar refractivity (Wildman–Crippen MR) is 109 cm³/mol. The average Bonchev–Trinajstić information content (AvgIpc) is 2.69. The predicted octanol–water partition coefficient (Wildman–Crippen LogP) is 5.67. The Morgan fingerprint density at radius 1 is 0.889 bits per heavy atom. The van der Waals surface area contributed by atoms with E-state index in [0.717, 1.165) is 11.1 Å². The molecule has 0 bridgehead atoms. The zero-order chi connectivity index (χ0) is 19.2. The van der Waals surface area contributed by atoms with Gasteiger partial charge in [0.25, 0.3) is 5.91 Å². The van der Waals surface area contributed by atoms with Crippen molar-refractivity contribution in [2.75, 3.05) is 0 Å². The molecule has 1 unspecified atom stereocenters. The van der Waals surface area contributed by atoms with Gasteiger partial charge in [-0.15, -0.1) is 0 Å². The molecule has 27 heavy (non-hydrogen) atoms. The zero-order valence-electron chi connectivity index (χ0n) is 14.7. The Hall–Kier alpha value is -2.49. The van der Waals surface area contributed by atoms with Crippen LogP contribution in [-0.2, 0) is 4.79 Å². The van der Waals surface area contributed by atoms with Gasteiger partial charge in [0.1, 0.15) is 5.75 Å². The third-order valence-electron chi connectivity index (χ3n) is 4.12. The summed E-state index contributed by atoms with van der Waals surface area (Å²) >= 11 is 12.0. The van der Waals surface area contributed by atoms with Crippen molar-refractivity contribution in [2.24, 2.45) is 0 Å². The van der Waals surface area contributed by atoms with Gasteiger partial charge in [-0.1, -0.05) is 83.9 Å². The van der Waals surface area contributed by atoms with E-state index in [2.05, 4.69) is 5.32 Å². The van der Waals surface area contributed by atoms with E-state index in [0.29, 0.717) is 15.8 Å². The zero-order valence-corrected chi connectivity index (χ0v) is 16.2. The first-order valence-corrected chi connectivity index (χ1v) is 9.32. The van der Waals surface area contributed by atoms with Gasteiger partial charge in [0, 0.05) is 5.02 Å². The minimum Gasteiger partial charge on any atom is -0.479 e. The number of nitrogens with one attached hydrogen (secondary N) is 1. The van der Waals surface area contributed by atoms with E-state index < -0.39 is 6.10 Å². The van der Waals surface area contributed by atoms with Crippen LogP contribution in [0.25, 0.3) is 0 Å². The van der Waals surface area contributed by atoms with Gasteiger partial charge in [-0.2, -0.15) is 0 Å². The molecule has 3 aromatic rings. The monoisotopic (exact) mass is 399 g/mol. The number of ether oxygens (including phenoxy) is 1. The number of carbonyl (C=O) groups is 1. The Kier molecular flexibility index (Phi) is 6.38. The highest BCUT2D eigenvalue weighted by Crippen LogP contribution is 2.28. The Balaban J connectivity index is 1.78. The fourth-order valence-corrected chi connectivity index (χ4v) is 3.18. The van der Waals surface area contributed by atoms with Crippen LogP contribution in [0.5, 0.6) is 5.75 Å². The maximum atomic E-state index is 12.8. The summed E-state index contributed by atoms with van der Waals surface area (Å²) in [7, 11) is 0. The lowest BCUT2D eigenvalue weighted by Gasteiger charge is -2.23. The topological polar surface area (TPSA) is 38.3 Å². The minimum absolute atomic E-state index is 0.237. The molecule has 5 heteroatoms. The molecule has 0 aliphatic rings. The lowest BCUT2D eigenvalue weighted by atomic mass is 9.98. The number of halogens is 2. The Morgan fingerprint density at radius 3 is 1.96 bits per heavy atom. The molecule has 138 valence electrons. The summed E-state index contributed by atoms with van der Waals surface area (Å²) in [6, 6.07) is 24.3. The van der Waals surface area contributed by atoms with E-state index in [1.807, 2.05) is 60.7 Å². The highest BCUT2D eigenvalue weighted by Gasteiger charge is 2.22. The molecule has 0 aliphatic heterocycles. The van der Waals surface area contributed by atoms with Gasteiger partial charge in [-0.25, -0.2) is 0 Å². The molecule has 1 atom stereocenters. The van der Waals surface area contributed by atoms with Crippen LogP contribution in [0.4, 0.5) is 0 Å². The van der Waals surface area contributed by atoms with Gasteiger partial charge in [-0.3, -0.25) is 4.79 Å². The Labute approximate surface area is 168 Å². The summed E-state index contributed by atoms with van der Waals surface area (Å²) in [6.45, 7) is 1.69. The molecule has 0 heterocycles. The number of hydrogen-bond acceptors (Lipinski definition) is 2. The van der Waals surface area contributed by atoms with Crippen LogP contribution in [0.3, 0.4) is 0 Å². The van der Waals surface area contributed by atoms with Crippen LogP contribution in [0.1, 0.15) is 24.1 Å². The first-order valence-electron chi connectivity index (χ1n) is 8.56. The molecule has 0 aliphatic carbocycles. The van der Waals surface area contributed by atoms with Crippen molar-refractivity contribution in [3.05, 3.63) is 100 Å². The van der Waals surface area contributed by atoms with Crippen molar-refractivity contribution in [3.8, 4) is 5.75 Å². The maximum absolute atomic E-state index is 12.8. The number of rotatable bonds is 6. The van der Waals surface area contributed by atoms with E-state index in [9.17, 15) is 4.79 Å². The molecule has 1 N–H and O–H groups in total. The largest absolute Gasteiger partial charge is 0.479 e. The lowest BCUT2D eigenvalue weighted by molar-refractivity contribution is -0.127. The van der Waals surface area contributed by atoms with Crippen LogP contribution >= 0.6 is 23.2 Å². The quantitative estimate of drug-likeness (QED) is 0.579. The summed E-state index contributed by atoms with van der Waals surface area (Å²) in [6.07, 6.45) is -0.724. The van der Waals surface area contributed by atoms with Gasteiger partial charge < -0.3 is 10.1 Å². The molecular weight excluding hydrogens is 381 g/mol. The first-order chi connectivity index (χ1) is 13.0. The summed E-state index contributed by atoms with van der Waals surface area (Å²) in [4.78, 5) is 12.8. The van der Waals surface area contributed by atoms with Gasteiger partial charge in [-0.05, 0) is 36.2 Å². The molecular formula is C22H19Cl2NO2. The molecule has 0 saturated carbocycles. The Bertz CT molecular complexity index is 861. The van der Waals surface area contributed by atoms with Crippen molar-refractivity contribution in [1.29, 1.82) is 0 Å². The average molecular weight is 400 g/mol. The van der Waals surface area contributed by atoms with Crippen molar-refractivity contribution in [2.45, 2.75) is 19.1 Å². The van der Waals surface area contributed by atoms with Crippen molar-refractivity contribution >= 4 is 29.1 Å². The van der Waals surface area contributed by atoms with E-state index in [1.165, 1.54) is 0 Å². The van der Waals surface area contributed by atoms with E-state index in [-0.39, 0.29) is 11.9 Å². The third-order valence-corrected chi connectivity index (χ3v) is 4.65. The number of hydrogen-bond donors (Lipinski definition) is 1. The van der Waals surface area contributed by atoms with Crippen LogP contribution in [0.2, 0.25) is 10.0 Å². The molecule has 0 spiro atoms. The van der Waals surface area contributed by atoms with Gasteiger partial charge in [0.05, 0.1) is 11.1 Å². The molecule has 1 amide bonds. The Morgan fingerprint density at radius 2 is 1.44 bits per heavy atom. The maximum Gasteiger partial charge on any atom is 0.261 e. The fraction of sp³-hybridized carbons (Fsp3) is 0.136. The van der Waals surface area contributed by atoms with Crippen LogP contribution in [-0.4, -0.2) is 12.0 Å². The molecule has 0 aromatic heterocycles. The van der Waals surface area contributed by atoms with Gasteiger partial charge in [0.15, 0.2) is 6.10 Å². The second kappa shape index (κ2) is 8.94. The van der Waals surface area contributed by atoms with E-state index >= 15 is 0 Å². The summed E-state index contributed by atoms with van der Waals surface area (Å²) in [5.41, 5.74) is 1.99. The van der Waals surface area contributed by atoms with Crippen molar-refractivity contribution < 1.29 is 9.53 Å². The van der Waals surface area contributed by atoms with Crippen LogP contribution in [0, 0.1) is 0 Å². The second-order valence-corrected chi connectivity index (χ2v) is 6.94. The van der Waals surface area contributed by atoms with Gasteiger partial charge >= 0.3 is 0 Å². The summed E-state index contributed by atoms with van der Waals surface area (Å²) in [5.74, 6) is 0.179. The van der Waals surface area contributed by atoms with E-state index in [4.69, 9.17) is 27.9 Å². The number of amides is 1.